The predicted octanol–water partition coefficient (Wildman–Crippen LogP) is 2.40. The summed E-state index contributed by atoms with van der Waals surface area (Å²) in [5.74, 6) is -0.582. The molecule has 1 aromatic carbocycles. The quantitative estimate of drug-likeness (QED) is 0.804. The summed E-state index contributed by atoms with van der Waals surface area (Å²) in [6.45, 7) is 0. The molecule has 1 saturated carbocycles. The largest absolute Gasteiger partial charge is 0.478 e. The van der Waals surface area contributed by atoms with Crippen LogP contribution in [0.15, 0.2) is 24.3 Å². The van der Waals surface area contributed by atoms with Crippen LogP contribution < -0.4 is 0 Å². The van der Waals surface area contributed by atoms with Gasteiger partial charge in [-0.05, 0) is 42.9 Å². The van der Waals surface area contributed by atoms with Crippen LogP contribution in [0.5, 0.6) is 0 Å². The smallest absolute Gasteiger partial charge is 0.335 e. The minimum absolute atomic E-state index is 0.229. The molecule has 0 bridgehead atoms. The van der Waals surface area contributed by atoms with E-state index >= 15 is 0 Å². The van der Waals surface area contributed by atoms with E-state index in [4.69, 9.17) is 5.11 Å². The summed E-state index contributed by atoms with van der Waals surface area (Å²) in [6, 6.07) is 7.06. The number of hydrogen-bond donors (Lipinski definition) is 2. The Morgan fingerprint density at radius 2 is 2.12 bits per heavy atom. The second-order valence-corrected chi connectivity index (χ2v) is 4.45. The number of carboxylic acid groups (broad SMARTS) is 1. The topological polar surface area (TPSA) is 57.5 Å². The SMILES string of the molecule is O=C(O)c1cccc(C2CCCC(O)C2)c1. The summed E-state index contributed by atoms with van der Waals surface area (Å²) in [5.41, 5.74) is 1.37. The lowest BCUT2D eigenvalue weighted by Crippen LogP contribution is -2.18. The Balaban J connectivity index is 2.19. The van der Waals surface area contributed by atoms with E-state index in [1.807, 2.05) is 6.07 Å². The van der Waals surface area contributed by atoms with Crippen LogP contribution in [0.3, 0.4) is 0 Å². The monoisotopic (exact) mass is 220 g/mol. The molecular formula is C13H16O3. The Kier molecular flexibility index (Phi) is 3.25. The first-order chi connectivity index (χ1) is 7.66. The van der Waals surface area contributed by atoms with Gasteiger partial charge in [-0.3, -0.25) is 0 Å². The van der Waals surface area contributed by atoms with E-state index in [-0.39, 0.29) is 6.10 Å². The van der Waals surface area contributed by atoms with Crippen molar-refractivity contribution in [3.05, 3.63) is 35.4 Å². The molecule has 0 spiro atoms. The molecule has 16 heavy (non-hydrogen) atoms. The number of aliphatic hydroxyl groups excluding tert-OH is 1. The van der Waals surface area contributed by atoms with Crippen molar-refractivity contribution >= 4 is 5.97 Å². The molecular weight excluding hydrogens is 204 g/mol. The van der Waals surface area contributed by atoms with Crippen molar-refractivity contribution in [2.75, 3.05) is 0 Å². The molecule has 3 heteroatoms. The predicted molar refractivity (Wildman–Crippen MR) is 60.6 cm³/mol. The van der Waals surface area contributed by atoms with Crippen molar-refractivity contribution in [3.8, 4) is 0 Å². The molecule has 0 aromatic heterocycles. The van der Waals surface area contributed by atoms with E-state index in [9.17, 15) is 9.90 Å². The third-order valence-corrected chi connectivity index (χ3v) is 3.25. The highest BCUT2D eigenvalue weighted by atomic mass is 16.4. The number of aliphatic hydroxyl groups is 1. The number of carboxylic acids is 1. The highest BCUT2D eigenvalue weighted by Gasteiger charge is 2.21. The number of benzene rings is 1. The summed E-state index contributed by atoms with van der Waals surface area (Å²) in [4.78, 5) is 10.9. The Morgan fingerprint density at radius 3 is 2.81 bits per heavy atom. The summed E-state index contributed by atoms with van der Waals surface area (Å²) in [5, 5.41) is 18.5. The van der Waals surface area contributed by atoms with Crippen LogP contribution in [0.25, 0.3) is 0 Å². The molecule has 0 amide bonds. The van der Waals surface area contributed by atoms with Crippen molar-refractivity contribution in [1.29, 1.82) is 0 Å². The van der Waals surface area contributed by atoms with Gasteiger partial charge in [-0.15, -0.1) is 0 Å². The average molecular weight is 220 g/mol. The van der Waals surface area contributed by atoms with Gasteiger partial charge in [0, 0.05) is 0 Å². The lowest BCUT2D eigenvalue weighted by Gasteiger charge is -2.26. The maximum Gasteiger partial charge on any atom is 0.335 e. The fourth-order valence-corrected chi connectivity index (χ4v) is 2.39. The van der Waals surface area contributed by atoms with E-state index in [0.29, 0.717) is 11.5 Å². The van der Waals surface area contributed by atoms with Gasteiger partial charge in [-0.1, -0.05) is 18.6 Å². The van der Waals surface area contributed by atoms with Crippen LogP contribution in [0.1, 0.15) is 47.5 Å². The maximum absolute atomic E-state index is 10.9. The van der Waals surface area contributed by atoms with Crippen molar-refractivity contribution in [2.24, 2.45) is 0 Å². The van der Waals surface area contributed by atoms with Gasteiger partial charge in [0.05, 0.1) is 11.7 Å². The normalized spacial score (nSPS) is 25.3. The summed E-state index contributed by atoms with van der Waals surface area (Å²) < 4.78 is 0. The van der Waals surface area contributed by atoms with E-state index in [1.165, 1.54) is 0 Å². The van der Waals surface area contributed by atoms with Gasteiger partial charge in [0.1, 0.15) is 0 Å². The molecule has 2 N–H and O–H groups in total. The zero-order chi connectivity index (χ0) is 11.5. The van der Waals surface area contributed by atoms with E-state index in [2.05, 4.69) is 0 Å². The molecule has 1 aromatic rings. The van der Waals surface area contributed by atoms with Gasteiger partial charge in [-0.2, -0.15) is 0 Å². The van der Waals surface area contributed by atoms with Gasteiger partial charge in [-0.25, -0.2) is 4.79 Å². The summed E-state index contributed by atoms with van der Waals surface area (Å²) >= 11 is 0. The second kappa shape index (κ2) is 4.66. The molecule has 2 atom stereocenters. The maximum atomic E-state index is 10.9. The second-order valence-electron chi connectivity index (χ2n) is 4.45. The molecule has 2 unspecified atom stereocenters. The first kappa shape index (κ1) is 11.1. The lowest BCUT2D eigenvalue weighted by atomic mass is 9.82. The van der Waals surface area contributed by atoms with Crippen molar-refractivity contribution in [2.45, 2.75) is 37.7 Å². The summed E-state index contributed by atoms with van der Waals surface area (Å²) in [6.07, 6.45) is 3.45. The first-order valence-electron chi connectivity index (χ1n) is 5.68. The van der Waals surface area contributed by atoms with Crippen LogP contribution in [-0.2, 0) is 0 Å². The number of hydrogen-bond acceptors (Lipinski definition) is 2. The highest BCUT2D eigenvalue weighted by Crippen LogP contribution is 2.33. The Labute approximate surface area is 94.7 Å². The molecule has 2 rings (SSSR count). The molecule has 0 heterocycles. The van der Waals surface area contributed by atoms with Gasteiger partial charge < -0.3 is 10.2 Å². The first-order valence-corrected chi connectivity index (χ1v) is 5.68. The molecule has 86 valence electrons. The number of aromatic carboxylic acids is 1. The molecule has 0 aliphatic heterocycles. The van der Waals surface area contributed by atoms with Gasteiger partial charge in [0.2, 0.25) is 0 Å². The Morgan fingerprint density at radius 1 is 1.31 bits per heavy atom. The third kappa shape index (κ3) is 2.42. The fraction of sp³-hybridized carbons (Fsp3) is 0.462. The minimum atomic E-state index is -0.891. The molecule has 1 aliphatic rings. The highest BCUT2D eigenvalue weighted by molar-refractivity contribution is 5.87. The van der Waals surface area contributed by atoms with E-state index in [0.717, 1.165) is 31.2 Å². The average Bonchev–Trinajstić information content (AvgIpc) is 2.29. The van der Waals surface area contributed by atoms with E-state index < -0.39 is 5.97 Å². The molecule has 0 saturated heterocycles. The summed E-state index contributed by atoms with van der Waals surface area (Å²) in [7, 11) is 0. The fourth-order valence-electron chi connectivity index (χ4n) is 2.39. The van der Waals surface area contributed by atoms with Crippen LogP contribution in [0.4, 0.5) is 0 Å². The van der Waals surface area contributed by atoms with Crippen LogP contribution in [0, 0.1) is 0 Å². The Hall–Kier alpha value is -1.35. The molecule has 0 radical (unpaired) electrons. The van der Waals surface area contributed by atoms with Crippen LogP contribution in [0.2, 0.25) is 0 Å². The van der Waals surface area contributed by atoms with Gasteiger partial charge in [0.15, 0.2) is 0 Å². The lowest BCUT2D eigenvalue weighted by molar-refractivity contribution is 0.0696. The zero-order valence-corrected chi connectivity index (χ0v) is 9.10. The Bertz CT molecular complexity index is 387. The number of rotatable bonds is 2. The van der Waals surface area contributed by atoms with Crippen molar-refractivity contribution < 1.29 is 15.0 Å². The van der Waals surface area contributed by atoms with Crippen LogP contribution in [-0.4, -0.2) is 22.3 Å². The minimum Gasteiger partial charge on any atom is -0.478 e. The third-order valence-electron chi connectivity index (χ3n) is 3.25. The van der Waals surface area contributed by atoms with Gasteiger partial charge in [0.25, 0.3) is 0 Å². The molecule has 1 fully saturated rings. The zero-order valence-electron chi connectivity index (χ0n) is 9.10. The molecule has 3 nitrogen and oxygen atoms in total. The van der Waals surface area contributed by atoms with Crippen molar-refractivity contribution in [3.63, 3.8) is 0 Å². The molecule has 1 aliphatic carbocycles. The van der Waals surface area contributed by atoms with Crippen molar-refractivity contribution in [1.82, 2.24) is 0 Å². The van der Waals surface area contributed by atoms with Gasteiger partial charge >= 0.3 is 5.97 Å². The standard InChI is InChI=1S/C13H16O3/c14-12-6-2-4-10(8-12)9-3-1-5-11(7-9)13(15)16/h1,3,5,7,10,12,14H,2,4,6,8H2,(H,15,16). The van der Waals surface area contributed by atoms with Crippen LogP contribution >= 0.6 is 0 Å². The van der Waals surface area contributed by atoms with E-state index in [1.54, 1.807) is 18.2 Å². The number of carbonyl (C=O) groups is 1.